The van der Waals surface area contributed by atoms with E-state index < -0.39 is 0 Å². The maximum absolute atomic E-state index is 5.95. The Balaban J connectivity index is 0. The molecule has 0 rings (SSSR count). The molecule has 0 N–H and O–H groups in total. The Kier molecular flexibility index (Phi) is 17.0. The van der Waals surface area contributed by atoms with Crippen molar-refractivity contribution in [3.8, 4) is 0 Å². The summed E-state index contributed by atoms with van der Waals surface area (Å²) in [6.07, 6.45) is 11.0. The molecule has 0 saturated heterocycles. The van der Waals surface area contributed by atoms with E-state index in [4.69, 9.17) is 11.6 Å². The van der Waals surface area contributed by atoms with Crippen LogP contribution in [0.2, 0.25) is 0 Å². The lowest BCUT2D eigenvalue weighted by molar-refractivity contribution is -0.907. The highest BCUT2D eigenvalue weighted by Crippen LogP contribution is 2.12. The number of nitrogens with zero attached hydrogens (tertiary/aromatic N) is 1. The van der Waals surface area contributed by atoms with Gasteiger partial charge in [-0.2, -0.15) is 0 Å². The van der Waals surface area contributed by atoms with Crippen molar-refractivity contribution in [2.75, 3.05) is 32.6 Å². The Bertz CT molecular complexity index is 167. The maximum atomic E-state index is 5.95. The molecule has 0 aliphatic rings. The largest absolute Gasteiger partial charge is 1.00 e. The van der Waals surface area contributed by atoms with Crippen LogP contribution in [0.1, 0.15) is 65.2 Å². The molecule has 0 amide bonds. The second kappa shape index (κ2) is 14.4. The Hall–Kier alpha value is 0.980. The molecule has 112 valence electrons. The molecule has 1 unspecified atom stereocenters. The summed E-state index contributed by atoms with van der Waals surface area (Å²) >= 11 is 5.95. The van der Waals surface area contributed by atoms with Crippen molar-refractivity contribution in [3.63, 3.8) is 0 Å². The summed E-state index contributed by atoms with van der Waals surface area (Å²) in [4.78, 5) is 0. The first-order chi connectivity index (χ1) is 8.18. The van der Waals surface area contributed by atoms with E-state index in [0.29, 0.717) is 0 Å². The van der Waals surface area contributed by atoms with Gasteiger partial charge in [0.1, 0.15) is 0 Å². The average Bonchev–Trinajstić information content (AvgIpc) is 2.29. The van der Waals surface area contributed by atoms with Gasteiger partial charge in [0, 0.05) is 0 Å². The molecule has 1 nitrogen and oxygen atoms in total. The summed E-state index contributed by atoms with van der Waals surface area (Å²) in [7, 11) is 2.39. The van der Waals surface area contributed by atoms with Crippen molar-refractivity contribution in [1.82, 2.24) is 0 Å². The standard InChI is InChI=1S/C15H33ClN.HI/c1-4-6-8-9-11-14-17(3,15-12-16)13-10-7-5-2;/h4-15H2,1-3H3;1H/q+1;/p-1. The molecule has 0 aromatic carbocycles. The van der Waals surface area contributed by atoms with Crippen LogP contribution in [0.3, 0.4) is 0 Å². The van der Waals surface area contributed by atoms with Gasteiger partial charge in [-0.25, -0.2) is 0 Å². The predicted octanol–water partition coefficient (Wildman–Crippen LogP) is 1.84. The maximum Gasteiger partial charge on any atom is 0.0922 e. The number of unbranched alkanes of at least 4 members (excludes halogenated alkanes) is 6. The fourth-order valence-corrected chi connectivity index (χ4v) is 2.79. The van der Waals surface area contributed by atoms with Crippen LogP contribution in [-0.2, 0) is 0 Å². The molecule has 0 aliphatic carbocycles. The SMILES string of the molecule is CCCCCCC[N+](C)(CCCl)CCCCC.[I-]. The summed E-state index contributed by atoms with van der Waals surface area (Å²) in [5.74, 6) is 0.803. The van der Waals surface area contributed by atoms with Crippen LogP contribution >= 0.6 is 11.6 Å². The lowest BCUT2D eigenvalue weighted by Crippen LogP contribution is -3.00. The zero-order valence-corrected chi connectivity index (χ0v) is 15.6. The Morgan fingerprint density at radius 2 is 1.17 bits per heavy atom. The van der Waals surface area contributed by atoms with Crippen LogP contribution in [0.15, 0.2) is 0 Å². The Morgan fingerprint density at radius 1 is 0.722 bits per heavy atom. The van der Waals surface area contributed by atoms with Gasteiger partial charge in [-0.3, -0.25) is 0 Å². The summed E-state index contributed by atoms with van der Waals surface area (Å²) in [6.45, 7) is 8.32. The molecule has 0 radical (unpaired) electrons. The third kappa shape index (κ3) is 12.0. The third-order valence-electron chi connectivity index (χ3n) is 3.73. The van der Waals surface area contributed by atoms with Crippen LogP contribution in [0.5, 0.6) is 0 Å². The van der Waals surface area contributed by atoms with Gasteiger partial charge >= 0.3 is 0 Å². The van der Waals surface area contributed by atoms with Gasteiger partial charge in [0.15, 0.2) is 0 Å². The van der Waals surface area contributed by atoms with Gasteiger partial charge in [-0.15, -0.1) is 11.6 Å². The van der Waals surface area contributed by atoms with Gasteiger partial charge in [-0.05, 0) is 25.7 Å². The Labute approximate surface area is 137 Å². The van der Waals surface area contributed by atoms with Gasteiger partial charge in [-0.1, -0.05) is 39.5 Å². The summed E-state index contributed by atoms with van der Waals surface area (Å²) in [5, 5.41) is 0. The fourth-order valence-electron chi connectivity index (χ4n) is 2.38. The smallest absolute Gasteiger partial charge is 0.0922 e. The second-order valence-corrected chi connectivity index (χ2v) is 5.98. The average molecular weight is 390 g/mol. The van der Waals surface area contributed by atoms with Crippen LogP contribution in [0.25, 0.3) is 0 Å². The molecule has 0 aromatic rings. The number of hydrogen-bond donors (Lipinski definition) is 0. The minimum absolute atomic E-state index is 0. The lowest BCUT2D eigenvalue weighted by atomic mass is 10.1. The van der Waals surface area contributed by atoms with Crippen molar-refractivity contribution in [1.29, 1.82) is 0 Å². The highest BCUT2D eigenvalue weighted by Gasteiger charge is 2.19. The highest BCUT2D eigenvalue weighted by molar-refractivity contribution is 6.17. The van der Waals surface area contributed by atoms with Gasteiger partial charge in [0.2, 0.25) is 0 Å². The second-order valence-electron chi connectivity index (χ2n) is 5.60. The first kappa shape index (κ1) is 21.3. The van der Waals surface area contributed by atoms with Crippen molar-refractivity contribution >= 4 is 11.6 Å². The first-order valence-electron chi connectivity index (χ1n) is 7.58. The number of hydrogen-bond acceptors (Lipinski definition) is 0. The third-order valence-corrected chi connectivity index (χ3v) is 3.90. The van der Waals surface area contributed by atoms with Crippen LogP contribution in [0.4, 0.5) is 0 Å². The van der Waals surface area contributed by atoms with E-state index in [1.54, 1.807) is 0 Å². The van der Waals surface area contributed by atoms with E-state index in [9.17, 15) is 0 Å². The molecule has 0 bridgehead atoms. The first-order valence-corrected chi connectivity index (χ1v) is 8.11. The normalized spacial score (nSPS) is 14.0. The van der Waals surface area contributed by atoms with Crippen molar-refractivity contribution in [2.45, 2.75) is 65.2 Å². The van der Waals surface area contributed by atoms with E-state index in [0.717, 1.165) is 12.4 Å². The van der Waals surface area contributed by atoms with E-state index in [2.05, 4.69) is 20.9 Å². The van der Waals surface area contributed by atoms with Crippen molar-refractivity contribution in [2.24, 2.45) is 0 Å². The van der Waals surface area contributed by atoms with Gasteiger partial charge < -0.3 is 28.5 Å². The molecule has 18 heavy (non-hydrogen) atoms. The van der Waals surface area contributed by atoms with Crippen molar-refractivity contribution < 1.29 is 28.5 Å². The predicted molar refractivity (Wildman–Crippen MR) is 79.8 cm³/mol. The van der Waals surface area contributed by atoms with E-state index in [-0.39, 0.29) is 24.0 Å². The molecule has 0 saturated carbocycles. The van der Waals surface area contributed by atoms with Crippen LogP contribution in [-0.4, -0.2) is 37.0 Å². The summed E-state index contributed by atoms with van der Waals surface area (Å²) in [6, 6.07) is 0. The number of rotatable bonds is 12. The summed E-state index contributed by atoms with van der Waals surface area (Å²) < 4.78 is 1.19. The van der Waals surface area contributed by atoms with Crippen LogP contribution < -0.4 is 24.0 Å². The minimum atomic E-state index is 0. The zero-order chi connectivity index (χ0) is 13.0. The molecule has 0 aromatic heterocycles. The minimum Gasteiger partial charge on any atom is -1.00 e. The molecular weight excluding hydrogens is 357 g/mol. The number of halogens is 2. The monoisotopic (exact) mass is 389 g/mol. The van der Waals surface area contributed by atoms with Crippen molar-refractivity contribution in [3.05, 3.63) is 0 Å². The lowest BCUT2D eigenvalue weighted by Gasteiger charge is -2.34. The molecule has 0 spiro atoms. The zero-order valence-electron chi connectivity index (χ0n) is 12.7. The molecule has 1 atom stereocenters. The van der Waals surface area contributed by atoms with Crippen LogP contribution in [0, 0.1) is 0 Å². The van der Waals surface area contributed by atoms with E-state index in [1.807, 2.05) is 0 Å². The Morgan fingerprint density at radius 3 is 1.67 bits per heavy atom. The number of alkyl halides is 1. The molecule has 0 aliphatic heterocycles. The van der Waals surface area contributed by atoms with E-state index >= 15 is 0 Å². The topological polar surface area (TPSA) is 0 Å². The molecule has 3 heteroatoms. The van der Waals surface area contributed by atoms with Gasteiger partial charge in [0.05, 0.1) is 32.6 Å². The number of quaternary nitrogens is 1. The van der Waals surface area contributed by atoms with Gasteiger partial charge in [0.25, 0.3) is 0 Å². The van der Waals surface area contributed by atoms with E-state index in [1.165, 1.54) is 68.9 Å². The highest BCUT2D eigenvalue weighted by atomic mass is 127. The molecular formula is C15H33ClIN. The summed E-state index contributed by atoms with van der Waals surface area (Å²) in [5.41, 5.74) is 0. The fraction of sp³-hybridized carbons (Fsp3) is 1.00. The quantitative estimate of drug-likeness (QED) is 0.207. The molecule has 0 fully saturated rings. The molecule has 0 heterocycles.